The average molecular weight is 568 g/mol. The monoisotopic (exact) mass is 568 g/mol. The van der Waals surface area contributed by atoms with Crippen molar-refractivity contribution in [1.29, 1.82) is 0 Å². The van der Waals surface area contributed by atoms with E-state index in [0.717, 1.165) is 0 Å². The zero-order chi connectivity index (χ0) is 27.6. The fourth-order valence-corrected chi connectivity index (χ4v) is 5.37. The standard InChI is InChI=1S/C37H73N.ClH/c1-4-6-8-10-12-14-16-18-20-22-24-26-28-30-32-34-36-38(3)37-35-33-31-29-27-25-23-21-19-17-15-13-11-9-7-5-2;/h18-21H,4-17,22-37H2,1-3H3;1H. The zero-order valence-corrected chi connectivity index (χ0v) is 28.2. The third kappa shape index (κ3) is 37.7. The van der Waals surface area contributed by atoms with Crippen molar-refractivity contribution in [2.24, 2.45) is 0 Å². The van der Waals surface area contributed by atoms with Crippen LogP contribution in [-0.2, 0) is 0 Å². The first kappa shape index (κ1) is 40.9. The highest BCUT2D eigenvalue weighted by Gasteiger charge is 1.99. The van der Waals surface area contributed by atoms with Crippen molar-refractivity contribution < 1.29 is 0 Å². The second-order valence-electron chi connectivity index (χ2n) is 12.2. The fourth-order valence-electron chi connectivity index (χ4n) is 5.37. The van der Waals surface area contributed by atoms with Crippen molar-refractivity contribution in [3.63, 3.8) is 0 Å². The highest BCUT2D eigenvalue weighted by Crippen LogP contribution is 2.12. The van der Waals surface area contributed by atoms with Gasteiger partial charge in [0.1, 0.15) is 0 Å². The van der Waals surface area contributed by atoms with E-state index >= 15 is 0 Å². The van der Waals surface area contributed by atoms with E-state index in [0.29, 0.717) is 0 Å². The van der Waals surface area contributed by atoms with Gasteiger partial charge < -0.3 is 4.90 Å². The molecule has 0 aromatic rings. The molecule has 234 valence electrons. The lowest BCUT2D eigenvalue weighted by molar-refractivity contribution is 0.314. The van der Waals surface area contributed by atoms with E-state index in [4.69, 9.17) is 0 Å². The smallest absolute Gasteiger partial charge is 0.00218 e. The number of hydrogen-bond acceptors (Lipinski definition) is 1. The second-order valence-corrected chi connectivity index (χ2v) is 12.2. The SMILES string of the molecule is CCCCCCCCC=CCCCCCCCCN(C)CCCCCCCCC=CCCCCCCCC.Cl. The molecule has 1 nitrogen and oxygen atoms in total. The minimum absolute atomic E-state index is 0. The highest BCUT2D eigenvalue weighted by molar-refractivity contribution is 5.85. The summed E-state index contributed by atoms with van der Waals surface area (Å²) in [6.45, 7) is 7.19. The van der Waals surface area contributed by atoms with Gasteiger partial charge in [0.2, 0.25) is 0 Å². The van der Waals surface area contributed by atoms with Crippen LogP contribution in [0.3, 0.4) is 0 Å². The van der Waals surface area contributed by atoms with Crippen LogP contribution in [0.25, 0.3) is 0 Å². The van der Waals surface area contributed by atoms with Crippen LogP contribution in [0.4, 0.5) is 0 Å². The molecule has 0 rings (SSSR count). The van der Waals surface area contributed by atoms with E-state index in [-0.39, 0.29) is 12.4 Å². The number of halogens is 1. The maximum absolute atomic E-state index is 2.57. The Kier molecular flexibility index (Phi) is 39.5. The molecule has 0 aromatic heterocycles. The van der Waals surface area contributed by atoms with Gasteiger partial charge in [-0.15, -0.1) is 12.4 Å². The molecule has 0 unspecified atom stereocenters. The summed E-state index contributed by atoms with van der Waals surface area (Å²) >= 11 is 0. The molecule has 0 bridgehead atoms. The fraction of sp³-hybridized carbons (Fsp3) is 0.892. The first-order valence-electron chi connectivity index (χ1n) is 17.8. The van der Waals surface area contributed by atoms with Gasteiger partial charge in [-0.2, -0.15) is 0 Å². The van der Waals surface area contributed by atoms with E-state index in [1.807, 2.05) is 0 Å². The molecular weight excluding hydrogens is 494 g/mol. The molecule has 0 amide bonds. The third-order valence-corrected chi connectivity index (χ3v) is 8.10. The molecule has 0 radical (unpaired) electrons. The Morgan fingerprint density at radius 3 is 0.846 bits per heavy atom. The maximum atomic E-state index is 2.57. The number of hydrogen-bond donors (Lipinski definition) is 0. The minimum Gasteiger partial charge on any atom is -0.306 e. The molecule has 0 saturated heterocycles. The Morgan fingerprint density at radius 2 is 0.564 bits per heavy atom. The Hall–Kier alpha value is -0.270. The van der Waals surface area contributed by atoms with Crippen molar-refractivity contribution in [3.05, 3.63) is 24.3 Å². The van der Waals surface area contributed by atoms with Crippen LogP contribution in [-0.4, -0.2) is 25.0 Å². The van der Waals surface area contributed by atoms with Gasteiger partial charge in [-0.25, -0.2) is 0 Å². The molecule has 0 aliphatic heterocycles. The van der Waals surface area contributed by atoms with Crippen LogP contribution in [0.1, 0.15) is 194 Å². The number of nitrogens with zero attached hydrogens (tertiary/aromatic N) is 1. The van der Waals surface area contributed by atoms with Crippen molar-refractivity contribution in [2.75, 3.05) is 20.1 Å². The van der Waals surface area contributed by atoms with Gasteiger partial charge in [-0.3, -0.25) is 0 Å². The molecule has 39 heavy (non-hydrogen) atoms. The van der Waals surface area contributed by atoms with Crippen LogP contribution < -0.4 is 0 Å². The zero-order valence-electron chi connectivity index (χ0n) is 27.4. The summed E-state index contributed by atoms with van der Waals surface area (Å²) in [5.74, 6) is 0. The highest BCUT2D eigenvalue weighted by atomic mass is 35.5. The predicted molar refractivity (Wildman–Crippen MR) is 184 cm³/mol. The van der Waals surface area contributed by atoms with Gasteiger partial charge in [0.15, 0.2) is 0 Å². The van der Waals surface area contributed by atoms with Gasteiger partial charge in [0.25, 0.3) is 0 Å². The number of allylic oxidation sites excluding steroid dienone is 4. The molecule has 0 heterocycles. The van der Waals surface area contributed by atoms with Gasteiger partial charge in [-0.1, -0.05) is 154 Å². The summed E-state index contributed by atoms with van der Waals surface area (Å²) in [6, 6.07) is 0. The second kappa shape index (κ2) is 37.7. The van der Waals surface area contributed by atoms with Crippen LogP contribution in [0.2, 0.25) is 0 Å². The summed E-state index contributed by atoms with van der Waals surface area (Å²) in [6.07, 6.45) is 48.9. The Labute approximate surface area is 254 Å². The van der Waals surface area contributed by atoms with Gasteiger partial charge in [-0.05, 0) is 84.3 Å². The molecule has 0 aliphatic rings. The molecule has 0 spiro atoms. The van der Waals surface area contributed by atoms with Gasteiger partial charge in [0.05, 0.1) is 0 Å². The average Bonchev–Trinajstić information content (AvgIpc) is 2.92. The first-order valence-corrected chi connectivity index (χ1v) is 17.8. The van der Waals surface area contributed by atoms with Crippen LogP contribution in [0, 0.1) is 0 Å². The van der Waals surface area contributed by atoms with Crippen LogP contribution in [0.15, 0.2) is 24.3 Å². The molecule has 2 heteroatoms. The summed E-state index contributed by atoms with van der Waals surface area (Å²) < 4.78 is 0. The van der Waals surface area contributed by atoms with E-state index in [2.05, 4.69) is 50.1 Å². The molecule has 0 N–H and O–H groups in total. The van der Waals surface area contributed by atoms with E-state index < -0.39 is 0 Å². The molecule has 0 aromatic carbocycles. The Morgan fingerprint density at radius 1 is 0.333 bits per heavy atom. The van der Waals surface area contributed by atoms with Crippen LogP contribution >= 0.6 is 12.4 Å². The lowest BCUT2D eigenvalue weighted by Crippen LogP contribution is -2.20. The van der Waals surface area contributed by atoms with Crippen molar-refractivity contribution >= 4 is 12.4 Å². The van der Waals surface area contributed by atoms with E-state index in [9.17, 15) is 0 Å². The Bertz CT molecular complexity index is 430. The first-order chi connectivity index (χ1) is 18.8. The van der Waals surface area contributed by atoms with Gasteiger partial charge >= 0.3 is 0 Å². The number of rotatable bonds is 32. The normalized spacial score (nSPS) is 11.8. The topological polar surface area (TPSA) is 3.24 Å². The predicted octanol–water partition coefficient (Wildman–Crippen LogP) is 13.4. The lowest BCUT2D eigenvalue weighted by Gasteiger charge is -2.16. The lowest BCUT2D eigenvalue weighted by atomic mass is 10.1. The minimum atomic E-state index is 0. The van der Waals surface area contributed by atoms with Crippen molar-refractivity contribution in [2.45, 2.75) is 194 Å². The summed E-state index contributed by atoms with van der Waals surface area (Å²) in [5.41, 5.74) is 0. The quantitative estimate of drug-likeness (QED) is 0.0576. The number of unbranched alkanes of at least 4 members (excludes halogenated alkanes) is 24. The third-order valence-electron chi connectivity index (χ3n) is 8.10. The van der Waals surface area contributed by atoms with Crippen molar-refractivity contribution in [1.82, 2.24) is 4.90 Å². The molecule has 0 atom stereocenters. The molecule has 0 saturated carbocycles. The molecule has 0 fully saturated rings. The van der Waals surface area contributed by atoms with Crippen LogP contribution in [0.5, 0.6) is 0 Å². The summed E-state index contributed by atoms with van der Waals surface area (Å²) in [4.78, 5) is 2.57. The van der Waals surface area contributed by atoms with Gasteiger partial charge in [0, 0.05) is 0 Å². The summed E-state index contributed by atoms with van der Waals surface area (Å²) in [5, 5.41) is 0. The molecular formula is C37H74ClN. The summed E-state index contributed by atoms with van der Waals surface area (Å²) in [7, 11) is 2.33. The molecule has 0 aliphatic carbocycles. The van der Waals surface area contributed by atoms with Crippen molar-refractivity contribution in [3.8, 4) is 0 Å². The maximum Gasteiger partial charge on any atom is -0.00218 e. The largest absolute Gasteiger partial charge is 0.306 e. The van der Waals surface area contributed by atoms with E-state index in [1.54, 1.807) is 0 Å². The Balaban J connectivity index is 0. The van der Waals surface area contributed by atoms with E-state index in [1.165, 1.54) is 193 Å².